The number of halogens is 2. The summed E-state index contributed by atoms with van der Waals surface area (Å²) in [6, 6.07) is 0.203. The van der Waals surface area contributed by atoms with Gasteiger partial charge >= 0.3 is 6.61 Å². The second-order valence-corrected chi connectivity index (χ2v) is 3.30. The molecule has 0 unspecified atom stereocenters. The molecule has 1 aliphatic heterocycles. The first-order chi connectivity index (χ1) is 6.13. The van der Waals surface area contributed by atoms with Crippen LogP contribution in [-0.2, 0) is 9.47 Å². The van der Waals surface area contributed by atoms with E-state index < -0.39 is 6.61 Å². The van der Waals surface area contributed by atoms with Crippen LogP contribution in [0.3, 0.4) is 0 Å². The fourth-order valence-corrected chi connectivity index (χ4v) is 1.66. The van der Waals surface area contributed by atoms with Crippen molar-refractivity contribution in [1.82, 2.24) is 4.90 Å². The molecule has 1 aliphatic rings. The third-order valence-electron chi connectivity index (χ3n) is 2.30. The summed E-state index contributed by atoms with van der Waals surface area (Å²) in [5.41, 5.74) is 0. The Morgan fingerprint density at radius 1 is 1.54 bits per heavy atom. The standard InChI is InChI=1S/C8H15F2NO2/c1-11-4-7(13-8(9)10)3-6(11)5-12-2/h6-8H,3-5H2,1-2H3/t6-,7-/m0/s1. The fourth-order valence-electron chi connectivity index (χ4n) is 1.66. The first-order valence-electron chi connectivity index (χ1n) is 4.26. The smallest absolute Gasteiger partial charge is 0.345 e. The number of hydrogen-bond acceptors (Lipinski definition) is 3. The maximum Gasteiger partial charge on any atom is 0.345 e. The van der Waals surface area contributed by atoms with Crippen molar-refractivity contribution >= 4 is 0 Å². The van der Waals surface area contributed by atoms with E-state index in [1.54, 1.807) is 7.11 Å². The third kappa shape index (κ3) is 3.17. The lowest BCUT2D eigenvalue weighted by Crippen LogP contribution is -2.29. The Morgan fingerprint density at radius 3 is 2.77 bits per heavy atom. The summed E-state index contributed by atoms with van der Waals surface area (Å²) in [4.78, 5) is 1.98. The van der Waals surface area contributed by atoms with E-state index in [0.29, 0.717) is 19.6 Å². The van der Waals surface area contributed by atoms with E-state index in [1.807, 2.05) is 11.9 Å². The van der Waals surface area contributed by atoms with Crippen LogP contribution in [0.1, 0.15) is 6.42 Å². The average Bonchev–Trinajstić information content (AvgIpc) is 2.31. The van der Waals surface area contributed by atoms with E-state index >= 15 is 0 Å². The van der Waals surface area contributed by atoms with Gasteiger partial charge in [-0.25, -0.2) is 0 Å². The zero-order valence-corrected chi connectivity index (χ0v) is 7.87. The Labute approximate surface area is 76.6 Å². The summed E-state index contributed by atoms with van der Waals surface area (Å²) in [6.07, 6.45) is 0.263. The molecule has 0 aromatic heterocycles. The molecule has 0 aliphatic carbocycles. The lowest BCUT2D eigenvalue weighted by atomic mass is 10.2. The molecule has 0 aromatic carbocycles. The summed E-state index contributed by atoms with van der Waals surface area (Å²) in [7, 11) is 3.49. The van der Waals surface area contributed by atoms with Crippen LogP contribution in [0.25, 0.3) is 0 Å². The molecule has 0 bridgehead atoms. The molecule has 78 valence electrons. The number of ether oxygens (including phenoxy) is 2. The van der Waals surface area contributed by atoms with Gasteiger partial charge in [-0.15, -0.1) is 0 Å². The molecule has 0 spiro atoms. The van der Waals surface area contributed by atoms with Gasteiger partial charge in [0.15, 0.2) is 0 Å². The molecular weight excluding hydrogens is 180 g/mol. The Bertz CT molecular complexity index is 157. The Balaban J connectivity index is 2.31. The van der Waals surface area contributed by atoms with Crippen LogP contribution in [0.2, 0.25) is 0 Å². The molecule has 1 saturated heterocycles. The van der Waals surface area contributed by atoms with Gasteiger partial charge in [0, 0.05) is 19.7 Å². The van der Waals surface area contributed by atoms with Gasteiger partial charge in [0.05, 0.1) is 12.7 Å². The fraction of sp³-hybridized carbons (Fsp3) is 1.00. The van der Waals surface area contributed by atoms with Crippen molar-refractivity contribution in [2.45, 2.75) is 25.2 Å². The van der Waals surface area contributed by atoms with Gasteiger partial charge in [0.1, 0.15) is 0 Å². The van der Waals surface area contributed by atoms with E-state index in [0.717, 1.165) is 0 Å². The van der Waals surface area contributed by atoms with Crippen molar-refractivity contribution in [3.05, 3.63) is 0 Å². The van der Waals surface area contributed by atoms with E-state index in [2.05, 4.69) is 4.74 Å². The molecule has 1 fully saturated rings. The highest BCUT2D eigenvalue weighted by Crippen LogP contribution is 2.20. The number of likely N-dealkylation sites (N-methyl/N-ethyl adjacent to an activating group) is 1. The number of likely N-dealkylation sites (tertiary alicyclic amines) is 1. The second-order valence-electron chi connectivity index (χ2n) is 3.30. The summed E-state index contributed by atoms with van der Waals surface area (Å²) < 4.78 is 33.1. The predicted molar refractivity (Wildman–Crippen MR) is 43.8 cm³/mol. The minimum absolute atomic E-state index is 0.203. The SMILES string of the molecule is COC[C@@H]1C[C@H](OC(F)F)CN1C. The molecule has 5 heteroatoms. The summed E-state index contributed by atoms with van der Waals surface area (Å²) in [6.45, 7) is -1.54. The summed E-state index contributed by atoms with van der Waals surface area (Å²) >= 11 is 0. The maximum atomic E-state index is 11.9. The van der Waals surface area contributed by atoms with Crippen LogP contribution in [0.15, 0.2) is 0 Å². The Kier molecular flexibility index (Phi) is 4.02. The number of rotatable bonds is 4. The largest absolute Gasteiger partial charge is 0.383 e. The van der Waals surface area contributed by atoms with Crippen molar-refractivity contribution in [2.75, 3.05) is 27.3 Å². The molecule has 13 heavy (non-hydrogen) atoms. The topological polar surface area (TPSA) is 21.7 Å². The molecule has 2 atom stereocenters. The Hall–Kier alpha value is -0.260. The van der Waals surface area contributed by atoms with Crippen molar-refractivity contribution in [3.63, 3.8) is 0 Å². The van der Waals surface area contributed by atoms with E-state index in [1.165, 1.54) is 0 Å². The number of methoxy groups -OCH3 is 1. The molecule has 0 aromatic rings. The first-order valence-corrected chi connectivity index (χ1v) is 4.26. The number of hydrogen-bond donors (Lipinski definition) is 0. The molecule has 1 heterocycles. The van der Waals surface area contributed by atoms with Crippen molar-refractivity contribution < 1.29 is 18.3 Å². The first kappa shape index (κ1) is 10.8. The molecule has 1 rings (SSSR count). The highest BCUT2D eigenvalue weighted by Gasteiger charge is 2.31. The van der Waals surface area contributed by atoms with Crippen LogP contribution >= 0.6 is 0 Å². The second kappa shape index (κ2) is 4.83. The zero-order valence-electron chi connectivity index (χ0n) is 7.87. The van der Waals surface area contributed by atoms with Crippen LogP contribution in [-0.4, -0.2) is 51.0 Å². The predicted octanol–water partition coefficient (Wildman–Crippen LogP) is 0.945. The molecule has 3 nitrogen and oxygen atoms in total. The molecule has 0 saturated carbocycles. The molecular formula is C8H15F2NO2. The van der Waals surface area contributed by atoms with Gasteiger partial charge in [0.25, 0.3) is 0 Å². The average molecular weight is 195 g/mol. The van der Waals surface area contributed by atoms with Crippen molar-refractivity contribution in [1.29, 1.82) is 0 Å². The van der Waals surface area contributed by atoms with E-state index in [4.69, 9.17) is 4.74 Å². The minimum Gasteiger partial charge on any atom is -0.383 e. The Morgan fingerprint density at radius 2 is 2.23 bits per heavy atom. The highest BCUT2D eigenvalue weighted by atomic mass is 19.3. The van der Waals surface area contributed by atoms with Crippen LogP contribution in [0.5, 0.6) is 0 Å². The maximum absolute atomic E-state index is 11.9. The summed E-state index contributed by atoms with van der Waals surface area (Å²) in [5.74, 6) is 0. The van der Waals surface area contributed by atoms with Gasteiger partial charge in [-0.2, -0.15) is 8.78 Å². The van der Waals surface area contributed by atoms with Crippen molar-refractivity contribution in [3.8, 4) is 0 Å². The lowest BCUT2D eigenvalue weighted by molar-refractivity contribution is -0.158. The minimum atomic E-state index is -2.67. The van der Waals surface area contributed by atoms with Crippen LogP contribution in [0.4, 0.5) is 8.78 Å². The third-order valence-corrected chi connectivity index (χ3v) is 2.30. The van der Waals surface area contributed by atoms with Gasteiger partial charge in [-0.1, -0.05) is 0 Å². The van der Waals surface area contributed by atoms with Crippen LogP contribution in [0, 0.1) is 0 Å². The normalized spacial score (nSPS) is 30.2. The van der Waals surface area contributed by atoms with Gasteiger partial charge in [-0.3, -0.25) is 4.90 Å². The van der Waals surface area contributed by atoms with Crippen molar-refractivity contribution in [2.24, 2.45) is 0 Å². The van der Waals surface area contributed by atoms with Gasteiger partial charge < -0.3 is 9.47 Å². The highest BCUT2D eigenvalue weighted by molar-refractivity contribution is 4.83. The van der Waals surface area contributed by atoms with Gasteiger partial charge in [-0.05, 0) is 13.5 Å². The van der Waals surface area contributed by atoms with Gasteiger partial charge in [0.2, 0.25) is 0 Å². The van der Waals surface area contributed by atoms with E-state index in [-0.39, 0.29) is 12.1 Å². The quantitative estimate of drug-likeness (QED) is 0.666. The molecule has 0 N–H and O–H groups in total. The lowest BCUT2D eigenvalue weighted by Gasteiger charge is -2.16. The number of alkyl halides is 2. The van der Waals surface area contributed by atoms with E-state index in [9.17, 15) is 8.78 Å². The summed E-state index contributed by atoms with van der Waals surface area (Å²) in [5, 5.41) is 0. The zero-order chi connectivity index (χ0) is 9.84. The van der Waals surface area contributed by atoms with Crippen LogP contribution < -0.4 is 0 Å². The molecule has 0 radical (unpaired) electrons. The monoisotopic (exact) mass is 195 g/mol. The molecule has 0 amide bonds. The number of nitrogens with zero attached hydrogens (tertiary/aromatic N) is 1.